The number of nitro benzene ring substituents is 1. The predicted molar refractivity (Wildman–Crippen MR) is 125 cm³/mol. The minimum atomic E-state index is -0.486. The Bertz CT molecular complexity index is 1530. The van der Waals surface area contributed by atoms with E-state index in [9.17, 15) is 14.9 Å². The molecule has 0 bridgehead atoms. The van der Waals surface area contributed by atoms with Gasteiger partial charge in [0.05, 0.1) is 10.5 Å². The van der Waals surface area contributed by atoms with Gasteiger partial charge in [0.15, 0.2) is 17.0 Å². The minimum absolute atomic E-state index is 0.0285. The lowest BCUT2D eigenvalue weighted by Gasteiger charge is -2.08. The summed E-state index contributed by atoms with van der Waals surface area (Å²) in [6.45, 7) is 3.63. The molecule has 5 aromatic rings. The van der Waals surface area contributed by atoms with Crippen molar-refractivity contribution >= 4 is 28.5 Å². The van der Waals surface area contributed by atoms with Crippen LogP contribution in [0.5, 0.6) is 0 Å². The van der Waals surface area contributed by atoms with Gasteiger partial charge in [-0.2, -0.15) is 4.98 Å². The van der Waals surface area contributed by atoms with Crippen molar-refractivity contribution in [3.63, 3.8) is 0 Å². The zero-order valence-corrected chi connectivity index (χ0v) is 18.2. The molecule has 5 rings (SSSR count). The smallest absolute Gasteiger partial charge is 0.291 e. The van der Waals surface area contributed by atoms with E-state index in [4.69, 9.17) is 8.83 Å². The normalized spacial score (nSPS) is 11.0. The van der Waals surface area contributed by atoms with Crippen molar-refractivity contribution in [1.29, 1.82) is 0 Å². The third-order valence-corrected chi connectivity index (χ3v) is 5.34. The Balaban J connectivity index is 1.42. The molecule has 0 saturated heterocycles. The summed E-state index contributed by atoms with van der Waals surface area (Å²) in [4.78, 5) is 32.4. The number of carbonyl (C=O) groups excluding carboxylic acids is 1. The summed E-state index contributed by atoms with van der Waals surface area (Å²) in [7, 11) is 0. The van der Waals surface area contributed by atoms with Gasteiger partial charge in [-0.1, -0.05) is 12.1 Å². The van der Waals surface area contributed by atoms with Gasteiger partial charge in [0.25, 0.3) is 11.6 Å². The van der Waals surface area contributed by atoms with E-state index in [-0.39, 0.29) is 17.2 Å². The molecule has 1 amide bonds. The first-order chi connectivity index (χ1) is 16.4. The monoisotopic (exact) mass is 454 g/mol. The van der Waals surface area contributed by atoms with Gasteiger partial charge < -0.3 is 14.2 Å². The van der Waals surface area contributed by atoms with Crippen molar-refractivity contribution in [2.24, 2.45) is 0 Å². The lowest BCUT2D eigenvalue weighted by Crippen LogP contribution is -2.11. The molecule has 3 heterocycles. The molecule has 0 spiro atoms. The second-order valence-corrected chi connectivity index (χ2v) is 7.77. The van der Waals surface area contributed by atoms with Crippen LogP contribution in [0.2, 0.25) is 0 Å². The van der Waals surface area contributed by atoms with Gasteiger partial charge in [0.1, 0.15) is 5.76 Å². The molecule has 0 aliphatic heterocycles. The maximum absolute atomic E-state index is 12.9. The zero-order chi connectivity index (χ0) is 23.8. The number of nitrogens with zero attached hydrogens (tertiary/aromatic N) is 3. The number of hydrogen-bond donors (Lipinski definition) is 1. The average Bonchev–Trinajstić information content (AvgIpc) is 3.48. The minimum Gasteiger partial charge on any atom is -0.451 e. The Hall–Kier alpha value is -4.79. The van der Waals surface area contributed by atoms with E-state index in [0.29, 0.717) is 33.9 Å². The summed E-state index contributed by atoms with van der Waals surface area (Å²) in [6, 6.07) is 16.8. The first kappa shape index (κ1) is 21.1. The van der Waals surface area contributed by atoms with E-state index in [1.165, 1.54) is 12.1 Å². The third kappa shape index (κ3) is 3.90. The lowest BCUT2D eigenvalue weighted by atomic mass is 10.1. The van der Waals surface area contributed by atoms with E-state index in [1.54, 1.807) is 49.5 Å². The largest absolute Gasteiger partial charge is 0.451 e. The molecular weight excluding hydrogens is 436 g/mol. The van der Waals surface area contributed by atoms with Gasteiger partial charge in [0, 0.05) is 23.5 Å². The summed E-state index contributed by atoms with van der Waals surface area (Å²) in [6.07, 6.45) is 1.64. The number of hydrogen-bond acceptors (Lipinski definition) is 7. The number of aryl methyl sites for hydroxylation is 2. The molecule has 0 aliphatic carbocycles. The summed E-state index contributed by atoms with van der Waals surface area (Å²) in [5.41, 5.74) is 4.09. The average molecular weight is 454 g/mol. The highest BCUT2D eigenvalue weighted by molar-refractivity contribution is 6.03. The highest BCUT2D eigenvalue weighted by Crippen LogP contribution is 2.33. The maximum Gasteiger partial charge on any atom is 0.291 e. The second-order valence-electron chi connectivity index (χ2n) is 7.77. The number of amides is 1. The Kier molecular flexibility index (Phi) is 5.14. The molecule has 1 N–H and O–H groups in total. The van der Waals surface area contributed by atoms with Gasteiger partial charge in [-0.05, 0) is 67.4 Å². The molecule has 0 saturated carbocycles. The molecule has 9 heteroatoms. The molecule has 0 atom stereocenters. The first-order valence-electron chi connectivity index (χ1n) is 10.4. The topological polar surface area (TPSA) is 124 Å². The lowest BCUT2D eigenvalue weighted by molar-refractivity contribution is -0.384. The van der Waals surface area contributed by atoms with Crippen LogP contribution in [-0.4, -0.2) is 20.8 Å². The number of nitro groups is 1. The van der Waals surface area contributed by atoms with Crippen molar-refractivity contribution in [2.45, 2.75) is 13.8 Å². The molecule has 3 aromatic heterocycles. The quantitative estimate of drug-likeness (QED) is 0.258. The van der Waals surface area contributed by atoms with E-state index in [1.807, 2.05) is 19.1 Å². The molecule has 0 aliphatic rings. The first-order valence-corrected chi connectivity index (χ1v) is 10.4. The van der Waals surface area contributed by atoms with Crippen LogP contribution < -0.4 is 5.32 Å². The number of oxazole rings is 1. The fourth-order valence-corrected chi connectivity index (χ4v) is 3.57. The maximum atomic E-state index is 12.9. The number of aromatic nitrogens is 2. The highest BCUT2D eigenvalue weighted by Gasteiger charge is 2.21. The number of carbonyl (C=O) groups is 1. The molecule has 0 fully saturated rings. The number of rotatable bonds is 5. The standard InChI is InChI=1S/C25H18N4O5/c1-14-5-8-17(19(12-14)29(31)32)20-9-10-22(33-20)24(30)27-18-13-16(7-6-15(18)2)25-28-23-21(34-25)4-3-11-26-23/h3-13H,1-2H3,(H,27,30). The summed E-state index contributed by atoms with van der Waals surface area (Å²) >= 11 is 0. The van der Waals surface area contributed by atoms with E-state index >= 15 is 0 Å². The summed E-state index contributed by atoms with van der Waals surface area (Å²) < 4.78 is 11.4. The molecule has 0 unspecified atom stereocenters. The SMILES string of the molecule is Cc1ccc(-c2ccc(C(=O)Nc3cc(-c4nc5ncccc5o4)ccc3C)o2)c([N+](=O)[O-])c1. The Labute approximate surface area is 193 Å². The Morgan fingerprint density at radius 1 is 1.03 bits per heavy atom. The molecule has 0 radical (unpaired) electrons. The number of anilines is 1. The Morgan fingerprint density at radius 3 is 2.68 bits per heavy atom. The van der Waals surface area contributed by atoms with E-state index in [2.05, 4.69) is 15.3 Å². The van der Waals surface area contributed by atoms with Crippen LogP contribution in [0.4, 0.5) is 11.4 Å². The van der Waals surface area contributed by atoms with Gasteiger partial charge in [-0.3, -0.25) is 14.9 Å². The van der Waals surface area contributed by atoms with Crippen molar-refractivity contribution in [2.75, 3.05) is 5.32 Å². The number of furan rings is 1. The molecular formula is C25H18N4O5. The number of benzene rings is 2. The van der Waals surface area contributed by atoms with E-state index in [0.717, 1.165) is 11.1 Å². The number of nitrogens with one attached hydrogen (secondary N) is 1. The van der Waals surface area contributed by atoms with E-state index < -0.39 is 10.8 Å². The van der Waals surface area contributed by atoms with Crippen molar-refractivity contribution in [1.82, 2.24) is 9.97 Å². The van der Waals surface area contributed by atoms with Crippen molar-refractivity contribution in [3.8, 4) is 22.8 Å². The molecule has 9 nitrogen and oxygen atoms in total. The van der Waals surface area contributed by atoms with Crippen LogP contribution in [0, 0.1) is 24.0 Å². The van der Waals surface area contributed by atoms with Crippen LogP contribution in [0.1, 0.15) is 21.7 Å². The molecule has 2 aromatic carbocycles. The van der Waals surface area contributed by atoms with Crippen LogP contribution in [0.15, 0.2) is 75.7 Å². The third-order valence-electron chi connectivity index (χ3n) is 5.34. The van der Waals surface area contributed by atoms with Gasteiger partial charge in [-0.25, -0.2) is 4.98 Å². The molecule has 34 heavy (non-hydrogen) atoms. The van der Waals surface area contributed by atoms with Gasteiger partial charge in [0.2, 0.25) is 5.89 Å². The van der Waals surface area contributed by atoms with Crippen LogP contribution >= 0.6 is 0 Å². The van der Waals surface area contributed by atoms with Crippen molar-refractivity contribution < 1.29 is 18.6 Å². The van der Waals surface area contributed by atoms with Crippen molar-refractivity contribution in [3.05, 3.63) is 93.9 Å². The number of pyridine rings is 1. The second kappa shape index (κ2) is 8.28. The van der Waals surface area contributed by atoms with Crippen LogP contribution in [-0.2, 0) is 0 Å². The van der Waals surface area contributed by atoms with Crippen LogP contribution in [0.25, 0.3) is 34.0 Å². The van der Waals surface area contributed by atoms with Gasteiger partial charge in [-0.15, -0.1) is 0 Å². The highest BCUT2D eigenvalue weighted by atomic mass is 16.6. The predicted octanol–water partition coefficient (Wildman–Crippen LogP) is 5.93. The number of fused-ring (bicyclic) bond motifs is 1. The summed E-state index contributed by atoms with van der Waals surface area (Å²) in [5.74, 6) is 0.165. The summed E-state index contributed by atoms with van der Waals surface area (Å²) in [5, 5.41) is 14.3. The molecule has 168 valence electrons. The Morgan fingerprint density at radius 2 is 1.88 bits per heavy atom. The fraction of sp³-hybridized carbons (Fsp3) is 0.0800. The zero-order valence-electron chi connectivity index (χ0n) is 18.2. The van der Waals surface area contributed by atoms with Crippen LogP contribution in [0.3, 0.4) is 0 Å². The van der Waals surface area contributed by atoms with Gasteiger partial charge >= 0.3 is 0 Å². The fourth-order valence-electron chi connectivity index (χ4n) is 3.57.